The van der Waals surface area contributed by atoms with Crippen LogP contribution in [0.5, 0.6) is 17.2 Å². The van der Waals surface area contributed by atoms with Crippen molar-refractivity contribution in [1.82, 2.24) is 0 Å². The molecule has 0 amide bonds. The first kappa shape index (κ1) is 15.0. The molecular formula is C14H17N3O4. The van der Waals surface area contributed by atoms with Gasteiger partial charge in [-0.1, -0.05) is 5.11 Å². The number of fused-ring (bicyclic) bond motifs is 1. The van der Waals surface area contributed by atoms with Crippen molar-refractivity contribution in [3.05, 3.63) is 27.6 Å². The summed E-state index contributed by atoms with van der Waals surface area (Å²) in [5.74, 6) is 1.33. The van der Waals surface area contributed by atoms with E-state index in [-0.39, 0.29) is 18.2 Å². The summed E-state index contributed by atoms with van der Waals surface area (Å²) >= 11 is 0. The molecule has 0 N–H and O–H groups in total. The summed E-state index contributed by atoms with van der Waals surface area (Å²) in [6, 6.07) is 1.33. The zero-order valence-electron chi connectivity index (χ0n) is 12.3. The molecule has 0 saturated carbocycles. The van der Waals surface area contributed by atoms with Gasteiger partial charge in [0.15, 0.2) is 17.3 Å². The first-order valence-electron chi connectivity index (χ1n) is 6.55. The number of ketones is 1. The lowest BCUT2D eigenvalue weighted by Crippen LogP contribution is -2.09. The summed E-state index contributed by atoms with van der Waals surface area (Å²) in [5, 5.41) is 3.67. The average Bonchev–Trinajstić information content (AvgIpc) is 2.65. The number of carbonyl (C=O) groups excluding carboxylic acids is 1. The lowest BCUT2D eigenvalue weighted by Gasteiger charge is -2.17. The van der Waals surface area contributed by atoms with Gasteiger partial charge in [0.1, 0.15) is 0 Å². The zero-order chi connectivity index (χ0) is 15.4. The third-order valence-electron chi connectivity index (χ3n) is 3.60. The predicted octanol–water partition coefficient (Wildman–Crippen LogP) is 2.91. The van der Waals surface area contributed by atoms with Crippen molar-refractivity contribution in [1.29, 1.82) is 0 Å². The fourth-order valence-corrected chi connectivity index (χ4v) is 2.62. The maximum absolute atomic E-state index is 12.4. The Morgan fingerprint density at radius 1 is 1.24 bits per heavy atom. The van der Waals surface area contributed by atoms with Crippen LogP contribution in [0.1, 0.15) is 28.8 Å². The molecule has 1 atom stereocenters. The molecule has 1 aromatic rings. The lowest BCUT2D eigenvalue weighted by atomic mass is 9.99. The summed E-state index contributed by atoms with van der Waals surface area (Å²) in [7, 11) is 4.56. The third kappa shape index (κ3) is 2.73. The number of carbonyl (C=O) groups is 1. The second-order valence-electron chi connectivity index (χ2n) is 4.70. The molecule has 0 spiro atoms. The minimum Gasteiger partial charge on any atom is -0.493 e. The number of benzene rings is 1. The number of nitrogens with zero attached hydrogens (tertiary/aromatic N) is 3. The van der Waals surface area contributed by atoms with Crippen LogP contribution in [-0.4, -0.2) is 33.2 Å². The molecule has 1 aromatic carbocycles. The molecule has 2 rings (SSSR count). The van der Waals surface area contributed by atoms with Crippen molar-refractivity contribution in [2.75, 3.05) is 21.3 Å². The Kier molecular flexibility index (Phi) is 4.55. The van der Waals surface area contributed by atoms with Crippen LogP contribution >= 0.6 is 0 Å². The highest BCUT2D eigenvalue weighted by atomic mass is 16.5. The van der Waals surface area contributed by atoms with Crippen molar-refractivity contribution in [2.45, 2.75) is 25.3 Å². The second kappa shape index (κ2) is 6.37. The molecule has 0 aromatic heterocycles. The Balaban J connectivity index is 2.58. The van der Waals surface area contributed by atoms with E-state index in [0.717, 1.165) is 5.56 Å². The van der Waals surface area contributed by atoms with E-state index in [0.29, 0.717) is 35.7 Å². The molecule has 7 nitrogen and oxygen atoms in total. The van der Waals surface area contributed by atoms with Crippen LogP contribution in [0.25, 0.3) is 10.4 Å². The van der Waals surface area contributed by atoms with E-state index in [1.807, 2.05) is 0 Å². The van der Waals surface area contributed by atoms with E-state index in [1.165, 1.54) is 21.3 Å². The van der Waals surface area contributed by atoms with E-state index >= 15 is 0 Å². The van der Waals surface area contributed by atoms with Gasteiger partial charge in [-0.2, -0.15) is 0 Å². The summed E-state index contributed by atoms with van der Waals surface area (Å²) in [6.07, 6.45) is 1.36. The summed E-state index contributed by atoms with van der Waals surface area (Å²) in [6.45, 7) is 0. The van der Waals surface area contributed by atoms with Gasteiger partial charge in [0, 0.05) is 28.5 Å². The molecule has 7 heteroatoms. The summed E-state index contributed by atoms with van der Waals surface area (Å²) in [5.41, 5.74) is 9.88. The predicted molar refractivity (Wildman–Crippen MR) is 76.3 cm³/mol. The van der Waals surface area contributed by atoms with Gasteiger partial charge in [0.05, 0.1) is 21.3 Å². The molecular weight excluding hydrogens is 274 g/mol. The number of hydrogen-bond acceptors (Lipinski definition) is 5. The molecule has 0 unspecified atom stereocenters. The first-order chi connectivity index (χ1) is 10.2. The third-order valence-corrected chi connectivity index (χ3v) is 3.60. The molecule has 112 valence electrons. The maximum Gasteiger partial charge on any atom is 0.203 e. The van der Waals surface area contributed by atoms with Gasteiger partial charge in [-0.25, -0.2) is 0 Å². The lowest BCUT2D eigenvalue weighted by molar-refractivity contribution is 0.0976. The Hall–Kier alpha value is -2.40. The minimum atomic E-state index is -0.336. The average molecular weight is 291 g/mol. The first-order valence-corrected chi connectivity index (χ1v) is 6.55. The molecule has 0 radical (unpaired) electrons. The number of azide groups is 1. The molecule has 0 fully saturated rings. The van der Waals surface area contributed by atoms with E-state index in [4.69, 9.17) is 19.7 Å². The van der Waals surface area contributed by atoms with Crippen LogP contribution < -0.4 is 14.2 Å². The Labute approximate surface area is 122 Å². The SMILES string of the molecule is COc1cc2c(c(OC)c1OC)CC[C@@H](N=[N+]=[N-])CC2=O. The molecule has 1 aliphatic rings. The zero-order valence-corrected chi connectivity index (χ0v) is 12.3. The van der Waals surface area contributed by atoms with Crippen molar-refractivity contribution in [3.63, 3.8) is 0 Å². The summed E-state index contributed by atoms with van der Waals surface area (Å²) in [4.78, 5) is 15.2. The number of hydrogen-bond donors (Lipinski definition) is 0. The number of rotatable bonds is 4. The largest absolute Gasteiger partial charge is 0.493 e. The molecule has 0 saturated heterocycles. The fourth-order valence-electron chi connectivity index (χ4n) is 2.62. The molecule has 1 aliphatic carbocycles. The van der Waals surface area contributed by atoms with Crippen molar-refractivity contribution >= 4 is 5.78 Å². The van der Waals surface area contributed by atoms with Gasteiger partial charge < -0.3 is 14.2 Å². The molecule has 0 aliphatic heterocycles. The van der Waals surface area contributed by atoms with Crippen molar-refractivity contribution < 1.29 is 19.0 Å². The van der Waals surface area contributed by atoms with E-state index in [9.17, 15) is 4.79 Å². The van der Waals surface area contributed by atoms with Crippen LogP contribution in [-0.2, 0) is 6.42 Å². The number of methoxy groups -OCH3 is 3. The Bertz CT molecular complexity index is 609. The van der Waals surface area contributed by atoms with Gasteiger partial charge in [0.2, 0.25) is 5.75 Å². The molecule has 0 bridgehead atoms. The smallest absolute Gasteiger partial charge is 0.203 e. The van der Waals surface area contributed by atoms with Crippen LogP contribution in [0.15, 0.2) is 11.2 Å². The second-order valence-corrected chi connectivity index (χ2v) is 4.70. The van der Waals surface area contributed by atoms with E-state index < -0.39 is 0 Å². The summed E-state index contributed by atoms with van der Waals surface area (Å²) < 4.78 is 16.0. The Morgan fingerprint density at radius 2 is 1.95 bits per heavy atom. The van der Waals surface area contributed by atoms with E-state index in [2.05, 4.69) is 10.0 Å². The highest BCUT2D eigenvalue weighted by Crippen LogP contribution is 2.44. The van der Waals surface area contributed by atoms with Gasteiger partial charge in [-0.3, -0.25) is 4.79 Å². The standard InChI is InChI=1S/C14H17N3O4/c1-19-12-7-10-9(13(20-2)14(12)21-3)5-4-8(16-17-15)6-11(10)18/h7-8H,4-6H2,1-3H3/t8-/m1/s1. The van der Waals surface area contributed by atoms with Crippen LogP contribution in [0.3, 0.4) is 0 Å². The van der Waals surface area contributed by atoms with Crippen molar-refractivity contribution in [3.8, 4) is 17.2 Å². The van der Waals surface area contributed by atoms with Gasteiger partial charge >= 0.3 is 0 Å². The van der Waals surface area contributed by atoms with Gasteiger partial charge in [-0.05, 0) is 24.4 Å². The van der Waals surface area contributed by atoms with Gasteiger partial charge in [0.25, 0.3) is 0 Å². The Morgan fingerprint density at radius 3 is 2.52 bits per heavy atom. The number of Topliss-reactive ketones (excluding diaryl/α,β-unsaturated/α-hetero) is 1. The quantitative estimate of drug-likeness (QED) is 0.369. The highest BCUT2D eigenvalue weighted by Gasteiger charge is 2.28. The van der Waals surface area contributed by atoms with E-state index in [1.54, 1.807) is 6.07 Å². The monoisotopic (exact) mass is 291 g/mol. The number of ether oxygens (including phenoxy) is 3. The normalized spacial score (nSPS) is 17.3. The van der Waals surface area contributed by atoms with Crippen molar-refractivity contribution in [2.24, 2.45) is 5.11 Å². The molecule has 0 heterocycles. The van der Waals surface area contributed by atoms with Gasteiger partial charge in [-0.15, -0.1) is 0 Å². The van der Waals surface area contributed by atoms with Crippen LogP contribution in [0.2, 0.25) is 0 Å². The highest BCUT2D eigenvalue weighted by molar-refractivity contribution is 6.00. The fraction of sp³-hybridized carbons (Fsp3) is 0.500. The molecule has 21 heavy (non-hydrogen) atoms. The minimum absolute atomic E-state index is 0.0841. The van der Waals surface area contributed by atoms with Crippen LogP contribution in [0.4, 0.5) is 0 Å². The van der Waals surface area contributed by atoms with Crippen LogP contribution in [0, 0.1) is 0 Å². The topological polar surface area (TPSA) is 93.5 Å². The maximum atomic E-state index is 12.4.